The fourth-order valence-corrected chi connectivity index (χ4v) is 2.55. The van der Waals surface area contributed by atoms with Gasteiger partial charge in [-0.1, -0.05) is 27.2 Å². The van der Waals surface area contributed by atoms with E-state index in [-0.39, 0.29) is 12.4 Å². The van der Waals surface area contributed by atoms with Crippen LogP contribution in [0.3, 0.4) is 0 Å². The molecule has 0 radical (unpaired) electrons. The van der Waals surface area contributed by atoms with Crippen molar-refractivity contribution in [1.29, 1.82) is 0 Å². The van der Waals surface area contributed by atoms with Gasteiger partial charge >= 0.3 is 5.97 Å². The number of nitrogens with one attached hydrogen (secondary N) is 1. The molecule has 0 amide bonds. The van der Waals surface area contributed by atoms with Gasteiger partial charge < -0.3 is 10.4 Å². The summed E-state index contributed by atoms with van der Waals surface area (Å²) < 4.78 is 0. The van der Waals surface area contributed by atoms with Crippen molar-refractivity contribution in [3.63, 3.8) is 0 Å². The Morgan fingerprint density at radius 1 is 1.56 bits per heavy atom. The fourth-order valence-electron chi connectivity index (χ4n) is 2.55. The summed E-state index contributed by atoms with van der Waals surface area (Å²) in [7, 11) is 0. The molecule has 0 aromatic rings. The van der Waals surface area contributed by atoms with Crippen LogP contribution in [-0.4, -0.2) is 24.2 Å². The number of piperidine rings is 1. The zero-order valence-corrected chi connectivity index (χ0v) is 11.3. The maximum Gasteiger partial charge on any atom is 0.310 e. The van der Waals surface area contributed by atoms with Crippen molar-refractivity contribution in [3.05, 3.63) is 0 Å². The van der Waals surface area contributed by atoms with Crippen LogP contribution in [0.25, 0.3) is 0 Å². The van der Waals surface area contributed by atoms with Crippen molar-refractivity contribution >= 4 is 18.4 Å². The topological polar surface area (TPSA) is 49.3 Å². The second-order valence-electron chi connectivity index (χ2n) is 5.17. The lowest BCUT2D eigenvalue weighted by molar-refractivity contribution is -0.152. The van der Waals surface area contributed by atoms with Gasteiger partial charge in [-0.25, -0.2) is 0 Å². The van der Waals surface area contributed by atoms with Crippen LogP contribution < -0.4 is 5.32 Å². The van der Waals surface area contributed by atoms with Gasteiger partial charge in [-0.05, 0) is 31.2 Å². The molecule has 1 heterocycles. The minimum absolute atomic E-state index is 0. The van der Waals surface area contributed by atoms with Crippen molar-refractivity contribution in [3.8, 4) is 0 Å². The lowest BCUT2D eigenvalue weighted by atomic mass is 9.70. The minimum Gasteiger partial charge on any atom is -0.481 e. The first-order valence-corrected chi connectivity index (χ1v) is 5.96. The molecule has 2 N–H and O–H groups in total. The van der Waals surface area contributed by atoms with Crippen LogP contribution in [0, 0.1) is 17.3 Å². The third kappa shape index (κ3) is 3.36. The van der Waals surface area contributed by atoms with E-state index in [9.17, 15) is 9.90 Å². The molecule has 0 aromatic heterocycles. The molecule has 1 rings (SSSR count). The van der Waals surface area contributed by atoms with Crippen molar-refractivity contribution in [2.75, 3.05) is 13.1 Å². The van der Waals surface area contributed by atoms with Crippen LogP contribution in [0.2, 0.25) is 0 Å². The molecule has 4 heteroatoms. The van der Waals surface area contributed by atoms with Crippen molar-refractivity contribution in [2.24, 2.45) is 17.3 Å². The van der Waals surface area contributed by atoms with Crippen molar-refractivity contribution < 1.29 is 9.90 Å². The summed E-state index contributed by atoms with van der Waals surface area (Å²) in [5, 5.41) is 12.7. The molecule has 1 aliphatic rings. The molecule has 0 aliphatic carbocycles. The van der Waals surface area contributed by atoms with Crippen LogP contribution in [-0.2, 0) is 4.79 Å². The summed E-state index contributed by atoms with van der Waals surface area (Å²) in [4.78, 5) is 11.4. The Hall–Kier alpha value is -0.280. The summed E-state index contributed by atoms with van der Waals surface area (Å²) in [6, 6.07) is 0. The molecule has 3 nitrogen and oxygen atoms in total. The Balaban J connectivity index is 0.00000225. The van der Waals surface area contributed by atoms with Gasteiger partial charge in [0.15, 0.2) is 0 Å². The third-order valence-electron chi connectivity index (χ3n) is 3.65. The standard InChI is InChI=1S/C12H23NO2.ClH/c1-4-5-12(11(14)15)6-10(9(2)3)7-13-8-12;/h9-10,13H,4-8H2,1-3H3,(H,14,15);1H. The largest absolute Gasteiger partial charge is 0.481 e. The smallest absolute Gasteiger partial charge is 0.310 e. The highest BCUT2D eigenvalue weighted by molar-refractivity contribution is 5.85. The second-order valence-corrected chi connectivity index (χ2v) is 5.17. The number of hydrogen-bond donors (Lipinski definition) is 2. The maximum absolute atomic E-state index is 11.4. The van der Waals surface area contributed by atoms with Crippen LogP contribution in [0.5, 0.6) is 0 Å². The SMILES string of the molecule is CCCC1(C(=O)O)CNCC(C(C)C)C1.Cl. The van der Waals surface area contributed by atoms with E-state index in [4.69, 9.17) is 0 Å². The first-order valence-electron chi connectivity index (χ1n) is 5.96. The molecular weight excluding hydrogens is 226 g/mol. The van der Waals surface area contributed by atoms with E-state index in [2.05, 4.69) is 26.1 Å². The Kier molecular flexibility index (Phi) is 6.34. The van der Waals surface area contributed by atoms with Gasteiger partial charge in [-0.15, -0.1) is 12.4 Å². The molecule has 2 unspecified atom stereocenters. The number of carboxylic acid groups (broad SMARTS) is 1. The van der Waals surface area contributed by atoms with E-state index < -0.39 is 11.4 Å². The summed E-state index contributed by atoms with van der Waals surface area (Å²) in [6.07, 6.45) is 2.57. The van der Waals surface area contributed by atoms with Gasteiger partial charge in [0.25, 0.3) is 0 Å². The van der Waals surface area contributed by atoms with E-state index in [0.717, 1.165) is 25.8 Å². The Labute approximate surface area is 104 Å². The highest BCUT2D eigenvalue weighted by Gasteiger charge is 2.42. The van der Waals surface area contributed by atoms with Crippen LogP contribution in [0.15, 0.2) is 0 Å². The number of carboxylic acids is 1. The summed E-state index contributed by atoms with van der Waals surface area (Å²) >= 11 is 0. The number of rotatable bonds is 4. The normalized spacial score (nSPS) is 29.9. The van der Waals surface area contributed by atoms with Crippen LogP contribution in [0.1, 0.15) is 40.0 Å². The van der Waals surface area contributed by atoms with E-state index in [1.807, 2.05) is 0 Å². The number of carbonyl (C=O) groups is 1. The number of hydrogen-bond acceptors (Lipinski definition) is 2. The maximum atomic E-state index is 11.4. The molecule has 0 aromatic carbocycles. The monoisotopic (exact) mass is 249 g/mol. The molecule has 1 fully saturated rings. The molecule has 0 spiro atoms. The Morgan fingerprint density at radius 2 is 2.19 bits per heavy atom. The first kappa shape index (κ1) is 15.7. The van der Waals surface area contributed by atoms with Gasteiger partial charge in [0.2, 0.25) is 0 Å². The number of aliphatic carboxylic acids is 1. The van der Waals surface area contributed by atoms with E-state index >= 15 is 0 Å². The van der Waals surface area contributed by atoms with Crippen LogP contribution in [0.4, 0.5) is 0 Å². The van der Waals surface area contributed by atoms with Gasteiger partial charge in [0.1, 0.15) is 0 Å². The minimum atomic E-state index is -0.623. The molecular formula is C12H24ClNO2. The Bertz CT molecular complexity index is 229. The number of halogens is 1. The van der Waals surface area contributed by atoms with Crippen molar-refractivity contribution in [1.82, 2.24) is 5.32 Å². The summed E-state index contributed by atoms with van der Waals surface area (Å²) in [5.74, 6) is 0.442. The quantitative estimate of drug-likeness (QED) is 0.805. The van der Waals surface area contributed by atoms with Gasteiger partial charge in [-0.3, -0.25) is 4.79 Å². The zero-order valence-electron chi connectivity index (χ0n) is 10.5. The van der Waals surface area contributed by atoms with Gasteiger partial charge in [-0.2, -0.15) is 0 Å². The predicted molar refractivity (Wildman–Crippen MR) is 68.0 cm³/mol. The molecule has 1 aliphatic heterocycles. The summed E-state index contributed by atoms with van der Waals surface area (Å²) in [6.45, 7) is 8.02. The van der Waals surface area contributed by atoms with E-state index in [1.54, 1.807) is 0 Å². The fraction of sp³-hybridized carbons (Fsp3) is 0.917. The average molecular weight is 250 g/mol. The predicted octanol–water partition coefficient (Wildman–Crippen LogP) is 2.54. The molecule has 2 atom stereocenters. The lowest BCUT2D eigenvalue weighted by Gasteiger charge is -2.39. The molecule has 16 heavy (non-hydrogen) atoms. The zero-order chi connectivity index (χ0) is 11.5. The third-order valence-corrected chi connectivity index (χ3v) is 3.65. The van der Waals surface area contributed by atoms with E-state index in [0.29, 0.717) is 18.4 Å². The summed E-state index contributed by atoms with van der Waals surface area (Å²) in [5.41, 5.74) is -0.512. The highest BCUT2D eigenvalue weighted by Crippen LogP contribution is 2.36. The van der Waals surface area contributed by atoms with E-state index in [1.165, 1.54) is 0 Å². The van der Waals surface area contributed by atoms with Crippen molar-refractivity contribution in [2.45, 2.75) is 40.0 Å². The Morgan fingerprint density at radius 3 is 2.62 bits per heavy atom. The molecule has 96 valence electrons. The molecule has 0 bridgehead atoms. The average Bonchev–Trinajstić information content (AvgIpc) is 2.18. The highest BCUT2D eigenvalue weighted by atomic mass is 35.5. The molecule has 1 saturated heterocycles. The molecule has 0 saturated carbocycles. The van der Waals surface area contributed by atoms with Gasteiger partial charge in [0.05, 0.1) is 5.41 Å². The first-order chi connectivity index (χ1) is 7.02. The van der Waals surface area contributed by atoms with Gasteiger partial charge in [0, 0.05) is 6.54 Å². The lowest BCUT2D eigenvalue weighted by Crippen LogP contribution is -2.50. The second kappa shape index (κ2) is 6.45. The van der Waals surface area contributed by atoms with Crippen LogP contribution >= 0.6 is 12.4 Å².